The monoisotopic (exact) mass is 338 g/mol. The van der Waals surface area contributed by atoms with Crippen molar-refractivity contribution < 1.29 is 29.3 Å². The Balaban J connectivity index is 1.83. The van der Waals surface area contributed by atoms with Crippen LogP contribution in [0.5, 0.6) is 0 Å². The summed E-state index contributed by atoms with van der Waals surface area (Å²) in [5, 5.41) is 25.2. The van der Waals surface area contributed by atoms with Gasteiger partial charge in [0.2, 0.25) is 11.8 Å². The van der Waals surface area contributed by atoms with Crippen LogP contribution >= 0.6 is 0 Å². The van der Waals surface area contributed by atoms with Crippen molar-refractivity contribution in [3.63, 3.8) is 0 Å². The summed E-state index contributed by atoms with van der Waals surface area (Å²) in [6.07, 6.45) is -4.10. The molecule has 0 saturated carbocycles. The molecule has 132 valence electrons. The SMILES string of the molecule is COCC(=O)NC[C@H]1O[C@@H](CC(=O)Nc2ccccc2)[C@H](O)[C@@H]1O. The predicted octanol–water partition coefficient (Wildman–Crippen LogP) is -0.733. The molecule has 0 spiro atoms. The first-order chi connectivity index (χ1) is 11.5. The molecule has 8 heteroatoms. The third kappa shape index (κ3) is 5.00. The largest absolute Gasteiger partial charge is 0.388 e. The van der Waals surface area contributed by atoms with Gasteiger partial charge >= 0.3 is 0 Å². The number of carbonyl (C=O) groups is 2. The second-order valence-electron chi connectivity index (χ2n) is 5.55. The Labute approximate surface area is 139 Å². The minimum Gasteiger partial charge on any atom is -0.388 e. The molecule has 1 aromatic rings. The number of amides is 2. The molecule has 4 N–H and O–H groups in total. The van der Waals surface area contributed by atoms with Crippen LogP contribution in [0.2, 0.25) is 0 Å². The molecule has 24 heavy (non-hydrogen) atoms. The number of benzene rings is 1. The van der Waals surface area contributed by atoms with Gasteiger partial charge < -0.3 is 30.3 Å². The van der Waals surface area contributed by atoms with E-state index in [1.54, 1.807) is 24.3 Å². The van der Waals surface area contributed by atoms with Crippen molar-refractivity contribution >= 4 is 17.5 Å². The van der Waals surface area contributed by atoms with E-state index in [0.29, 0.717) is 5.69 Å². The summed E-state index contributed by atoms with van der Waals surface area (Å²) in [6, 6.07) is 8.90. The van der Waals surface area contributed by atoms with Gasteiger partial charge in [0.25, 0.3) is 0 Å². The molecule has 0 bridgehead atoms. The molecule has 1 aromatic carbocycles. The molecule has 2 amide bonds. The lowest BCUT2D eigenvalue weighted by atomic mass is 10.1. The first-order valence-corrected chi connectivity index (χ1v) is 7.63. The van der Waals surface area contributed by atoms with Crippen molar-refractivity contribution in [2.75, 3.05) is 25.6 Å². The number of nitrogens with one attached hydrogen (secondary N) is 2. The van der Waals surface area contributed by atoms with Crippen LogP contribution in [-0.2, 0) is 19.1 Å². The topological polar surface area (TPSA) is 117 Å². The molecule has 0 radical (unpaired) electrons. The number of aliphatic hydroxyl groups excluding tert-OH is 2. The number of carbonyl (C=O) groups excluding carboxylic acids is 2. The summed E-state index contributed by atoms with van der Waals surface area (Å²) in [6.45, 7) is -0.0779. The number of anilines is 1. The molecule has 8 nitrogen and oxygen atoms in total. The van der Waals surface area contributed by atoms with Gasteiger partial charge in [-0.05, 0) is 12.1 Å². The lowest BCUT2D eigenvalue weighted by Crippen LogP contribution is -2.40. The third-order valence-corrected chi connectivity index (χ3v) is 3.68. The van der Waals surface area contributed by atoms with Gasteiger partial charge in [0.15, 0.2) is 0 Å². The maximum absolute atomic E-state index is 12.0. The van der Waals surface area contributed by atoms with Gasteiger partial charge in [-0.1, -0.05) is 18.2 Å². The van der Waals surface area contributed by atoms with Crippen LogP contribution in [0.3, 0.4) is 0 Å². The molecule has 1 saturated heterocycles. The number of hydrogen-bond acceptors (Lipinski definition) is 6. The highest BCUT2D eigenvalue weighted by molar-refractivity contribution is 5.91. The number of ether oxygens (including phenoxy) is 2. The van der Waals surface area contributed by atoms with Crippen LogP contribution in [0.1, 0.15) is 6.42 Å². The van der Waals surface area contributed by atoms with E-state index in [-0.39, 0.29) is 31.4 Å². The van der Waals surface area contributed by atoms with Crippen LogP contribution in [-0.4, -0.2) is 66.7 Å². The highest BCUT2D eigenvalue weighted by Crippen LogP contribution is 2.23. The Morgan fingerprint density at radius 2 is 1.79 bits per heavy atom. The minimum absolute atomic E-state index is 0.0250. The van der Waals surface area contributed by atoms with Crippen LogP contribution in [0.25, 0.3) is 0 Å². The first kappa shape index (κ1) is 18.3. The summed E-state index contributed by atoms with van der Waals surface area (Å²) in [7, 11) is 1.39. The van der Waals surface area contributed by atoms with Crippen LogP contribution in [0.15, 0.2) is 30.3 Å². The molecule has 0 unspecified atom stereocenters. The zero-order valence-corrected chi connectivity index (χ0v) is 13.3. The number of para-hydroxylation sites is 1. The summed E-state index contributed by atoms with van der Waals surface area (Å²) in [5.74, 6) is -0.686. The second kappa shape index (κ2) is 8.74. The van der Waals surface area contributed by atoms with Crippen molar-refractivity contribution in [1.82, 2.24) is 5.32 Å². The zero-order chi connectivity index (χ0) is 17.5. The lowest BCUT2D eigenvalue weighted by molar-refractivity contribution is -0.126. The van der Waals surface area contributed by atoms with Crippen molar-refractivity contribution in [3.05, 3.63) is 30.3 Å². The van der Waals surface area contributed by atoms with E-state index in [4.69, 9.17) is 4.74 Å². The average molecular weight is 338 g/mol. The Kier molecular flexibility index (Phi) is 6.68. The smallest absolute Gasteiger partial charge is 0.246 e. The normalized spacial score (nSPS) is 26.1. The molecule has 1 aliphatic rings. The van der Waals surface area contributed by atoms with E-state index in [1.807, 2.05) is 6.07 Å². The number of aliphatic hydroxyl groups is 2. The number of rotatable bonds is 7. The van der Waals surface area contributed by atoms with Gasteiger partial charge in [0, 0.05) is 19.3 Å². The van der Waals surface area contributed by atoms with E-state index in [0.717, 1.165) is 0 Å². The van der Waals surface area contributed by atoms with Crippen LogP contribution in [0, 0.1) is 0 Å². The van der Waals surface area contributed by atoms with Crippen LogP contribution < -0.4 is 10.6 Å². The fourth-order valence-corrected chi connectivity index (χ4v) is 2.48. The van der Waals surface area contributed by atoms with Gasteiger partial charge in [-0.3, -0.25) is 9.59 Å². The van der Waals surface area contributed by atoms with Gasteiger partial charge in [-0.15, -0.1) is 0 Å². The highest BCUT2D eigenvalue weighted by Gasteiger charge is 2.43. The summed E-state index contributed by atoms with van der Waals surface area (Å²) in [4.78, 5) is 23.4. The van der Waals surface area contributed by atoms with Crippen molar-refractivity contribution in [2.24, 2.45) is 0 Å². The van der Waals surface area contributed by atoms with Gasteiger partial charge in [0.1, 0.15) is 24.9 Å². The van der Waals surface area contributed by atoms with E-state index in [1.165, 1.54) is 7.11 Å². The van der Waals surface area contributed by atoms with E-state index < -0.39 is 24.4 Å². The van der Waals surface area contributed by atoms with Crippen molar-refractivity contribution in [3.8, 4) is 0 Å². The molecule has 1 heterocycles. The molecule has 1 fully saturated rings. The van der Waals surface area contributed by atoms with Gasteiger partial charge in [-0.2, -0.15) is 0 Å². The molecule has 0 aromatic heterocycles. The summed E-state index contributed by atoms with van der Waals surface area (Å²) < 4.78 is 10.2. The Morgan fingerprint density at radius 1 is 1.12 bits per heavy atom. The second-order valence-corrected chi connectivity index (χ2v) is 5.55. The molecular weight excluding hydrogens is 316 g/mol. The molecule has 0 aliphatic carbocycles. The third-order valence-electron chi connectivity index (χ3n) is 3.68. The lowest BCUT2D eigenvalue weighted by Gasteiger charge is -2.15. The number of methoxy groups -OCH3 is 1. The zero-order valence-electron chi connectivity index (χ0n) is 13.3. The maximum atomic E-state index is 12.0. The Morgan fingerprint density at radius 3 is 2.46 bits per heavy atom. The molecular formula is C16H22N2O6. The Hall–Kier alpha value is -2.00. The molecule has 4 atom stereocenters. The van der Waals surface area contributed by atoms with E-state index >= 15 is 0 Å². The maximum Gasteiger partial charge on any atom is 0.246 e. The fraction of sp³-hybridized carbons (Fsp3) is 0.500. The van der Waals surface area contributed by atoms with Crippen molar-refractivity contribution in [2.45, 2.75) is 30.8 Å². The molecule has 2 rings (SSSR count). The first-order valence-electron chi connectivity index (χ1n) is 7.63. The van der Waals surface area contributed by atoms with Crippen LogP contribution in [0.4, 0.5) is 5.69 Å². The fourth-order valence-electron chi connectivity index (χ4n) is 2.48. The standard InChI is InChI=1S/C16H22N2O6/c1-23-9-14(20)17-8-12-16(22)15(21)11(24-12)7-13(19)18-10-5-3-2-4-6-10/h2-6,11-12,15-16,21-22H,7-9H2,1H3,(H,17,20)(H,18,19)/t11-,12+,15-,16+/m0/s1. The van der Waals surface area contributed by atoms with Crippen molar-refractivity contribution in [1.29, 1.82) is 0 Å². The van der Waals surface area contributed by atoms with E-state index in [2.05, 4.69) is 15.4 Å². The summed E-state index contributed by atoms with van der Waals surface area (Å²) >= 11 is 0. The quantitative estimate of drug-likeness (QED) is 0.521. The summed E-state index contributed by atoms with van der Waals surface area (Å²) in [5.41, 5.74) is 0.638. The Bertz CT molecular complexity index is 553. The average Bonchev–Trinajstić information content (AvgIpc) is 2.82. The van der Waals surface area contributed by atoms with Gasteiger partial charge in [0.05, 0.1) is 12.5 Å². The number of hydrogen-bond donors (Lipinski definition) is 4. The predicted molar refractivity (Wildman–Crippen MR) is 85.2 cm³/mol. The minimum atomic E-state index is -1.20. The van der Waals surface area contributed by atoms with E-state index in [9.17, 15) is 19.8 Å². The highest BCUT2D eigenvalue weighted by atomic mass is 16.5. The molecule has 1 aliphatic heterocycles. The van der Waals surface area contributed by atoms with Gasteiger partial charge in [-0.25, -0.2) is 0 Å².